The molecule has 1 aliphatic rings. The zero-order valence-electron chi connectivity index (χ0n) is 12.4. The van der Waals surface area contributed by atoms with E-state index in [0.29, 0.717) is 13.0 Å². The molecule has 1 N–H and O–H groups in total. The summed E-state index contributed by atoms with van der Waals surface area (Å²) in [7, 11) is -3.22. The van der Waals surface area contributed by atoms with Gasteiger partial charge in [0.05, 0.1) is 5.75 Å². The van der Waals surface area contributed by atoms with E-state index in [0.717, 1.165) is 31.5 Å². The lowest BCUT2D eigenvalue weighted by atomic mass is 10.1. The van der Waals surface area contributed by atoms with Crippen molar-refractivity contribution in [1.29, 1.82) is 0 Å². The first kappa shape index (κ1) is 16.4. The molecular weight excluding hydrogens is 291 g/mol. The van der Waals surface area contributed by atoms with Crippen molar-refractivity contribution in [2.75, 3.05) is 25.4 Å². The third-order valence-corrected chi connectivity index (χ3v) is 5.36. The lowest BCUT2D eigenvalue weighted by molar-refractivity contribution is 0.246. The molecule has 21 heavy (non-hydrogen) atoms. The van der Waals surface area contributed by atoms with Crippen LogP contribution in [-0.2, 0) is 10.0 Å². The summed E-state index contributed by atoms with van der Waals surface area (Å²) in [6.45, 7) is 4.10. The standard InChI is InChI=1S/C15H23FN2O2S/c1-2-11-21(19,20)17-12-15(18-9-3-4-10-18)13-5-7-14(16)8-6-13/h5-8,15,17H,2-4,9-12H2,1H3. The maximum Gasteiger partial charge on any atom is 0.211 e. The fourth-order valence-corrected chi connectivity index (χ4v) is 3.84. The lowest BCUT2D eigenvalue weighted by Crippen LogP contribution is -2.37. The third-order valence-electron chi connectivity index (χ3n) is 3.81. The van der Waals surface area contributed by atoms with Gasteiger partial charge >= 0.3 is 0 Å². The summed E-state index contributed by atoms with van der Waals surface area (Å²) in [6, 6.07) is 6.32. The predicted octanol–water partition coefficient (Wildman–Crippen LogP) is 2.29. The first-order chi connectivity index (χ1) is 10.0. The molecule has 6 heteroatoms. The molecule has 1 aromatic rings. The molecule has 2 rings (SSSR count). The van der Waals surface area contributed by atoms with E-state index in [9.17, 15) is 12.8 Å². The van der Waals surface area contributed by atoms with E-state index in [1.807, 2.05) is 6.92 Å². The maximum atomic E-state index is 13.1. The monoisotopic (exact) mass is 314 g/mol. The van der Waals surface area contributed by atoms with Crippen LogP contribution in [0.1, 0.15) is 37.8 Å². The molecule has 0 spiro atoms. The highest BCUT2D eigenvalue weighted by Crippen LogP contribution is 2.25. The summed E-state index contributed by atoms with van der Waals surface area (Å²) in [5.74, 6) is -0.131. The topological polar surface area (TPSA) is 49.4 Å². The summed E-state index contributed by atoms with van der Waals surface area (Å²) in [5, 5.41) is 0. The quantitative estimate of drug-likeness (QED) is 0.840. The summed E-state index contributed by atoms with van der Waals surface area (Å²) < 4.78 is 39.5. The van der Waals surface area contributed by atoms with Gasteiger partial charge in [-0.05, 0) is 50.0 Å². The third kappa shape index (κ3) is 4.76. The van der Waals surface area contributed by atoms with E-state index in [2.05, 4.69) is 9.62 Å². The van der Waals surface area contributed by atoms with Crippen LogP contribution in [-0.4, -0.2) is 38.7 Å². The molecule has 1 heterocycles. The number of benzene rings is 1. The zero-order valence-corrected chi connectivity index (χ0v) is 13.2. The summed E-state index contributed by atoms with van der Waals surface area (Å²) in [6.07, 6.45) is 2.85. The Morgan fingerprint density at radius 2 is 1.86 bits per heavy atom. The number of likely N-dealkylation sites (tertiary alicyclic amines) is 1. The Kier molecular flexibility index (Phi) is 5.72. The zero-order chi connectivity index (χ0) is 15.3. The highest BCUT2D eigenvalue weighted by Gasteiger charge is 2.24. The molecule has 1 atom stereocenters. The number of sulfonamides is 1. The molecule has 0 aromatic heterocycles. The van der Waals surface area contributed by atoms with Gasteiger partial charge in [0, 0.05) is 12.6 Å². The normalized spacial score (nSPS) is 18.0. The summed E-state index contributed by atoms with van der Waals surface area (Å²) >= 11 is 0. The van der Waals surface area contributed by atoms with Crippen LogP contribution in [0.5, 0.6) is 0 Å². The molecule has 0 amide bonds. The van der Waals surface area contributed by atoms with Crippen LogP contribution in [0.3, 0.4) is 0 Å². The Bertz CT molecular complexity index is 539. The van der Waals surface area contributed by atoms with E-state index in [4.69, 9.17) is 0 Å². The Hall–Kier alpha value is -0.980. The molecule has 1 saturated heterocycles. The number of hydrogen-bond acceptors (Lipinski definition) is 3. The Labute approximate surface area is 126 Å². The van der Waals surface area contributed by atoms with Crippen LogP contribution >= 0.6 is 0 Å². The van der Waals surface area contributed by atoms with Gasteiger partial charge < -0.3 is 0 Å². The fourth-order valence-electron chi connectivity index (χ4n) is 2.74. The first-order valence-corrected chi connectivity index (χ1v) is 9.14. The van der Waals surface area contributed by atoms with Crippen molar-refractivity contribution >= 4 is 10.0 Å². The van der Waals surface area contributed by atoms with Gasteiger partial charge in [-0.25, -0.2) is 17.5 Å². The average Bonchev–Trinajstić information content (AvgIpc) is 2.95. The van der Waals surface area contributed by atoms with Crippen LogP contribution < -0.4 is 4.72 Å². The maximum absolute atomic E-state index is 13.1. The van der Waals surface area contributed by atoms with Crippen LogP contribution in [0.2, 0.25) is 0 Å². The van der Waals surface area contributed by atoms with Gasteiger partial charge in [0.15, 0.2) is 0 Å². The molecule has 118 valence electrons. The number of hydrogen-bond donors (Lipinski definition) is 1. The van der Waals surface area contributed by atoms with E-state index in [-0.39, 0.29) is 17.6 Å². The molecule has 1 aliphatic heterocycles. The van der Waals surface area contributed by atoms with E-state index in [1.54, 1.807) is 12.1 Å². The summed E-state index contributed by atoms with van der Waals surface area (Å²) in [5.41, 5.74) is 0.956. The van der Waals surface area contributed by atoms with Crippen molar-refractivity contribution in [3.05, 3.63) is 35.6 Å². The average molecular weight is 314 g/mol. The molecule has 4 nitrogen and oxygen atoms in total. The van der Waals surface area contributed by atoms with Gasteiger partial charge in [0.1, 0.15) is 5.82 Å². The van der Waals surface area contributed by atoms with Crippen molar-refractivity contribution < 1.29 is 12.8 Å². The highest BCUT2D eigenvalue weighted by atomic mass is 32.2. The first-order valence-electron chi connectivity index (χ1n) is 7.48. The SMILES string of the molecule is CCCS(=O)(=O)NCC(c1ccc(F)cc1)N1CCCC1. The minimum atomic E-state index is -3.22. The van der Waals surface area contributed by atoms with Gasteiger partial charge in [-0.1, -0.05) is 19.1 Å². The van der Waals surface area contributed by atoms with E-state index >= 15 is 0 Å². The lowest BCUT2D eigenvalue weighted by Gasteiger charge is -2.28. The molecule has 0 aliphatic carbocycles. The number of nitrogens with one attached hydrogen (secondary N) is 1. The predicted molar refractivity (Wildman–Crippen MR) is 82.0 cm³/mol. The van der Waals surface area contributed by atoms with Gasteiger partial charge in [-0.15, -0.1) is 0 Å². The minimum Gasteiger partial charge on any atom is -0.295 e. The molecular formula is C15H23FN2O2S. The number of halogens is 1. The van der Waals surface area contributed by atoms with Crippen molar-refractivity contribution in [3.8, 4) is 0 Å². The molecule has 0 saturated carbocycles. The van der Waals surface area contributed by atoms with Crippen LogP contribution in [0.4, 0.5) is 4.39 Å². The van der Waals surface area contributed by atoms with E-state index < -0.39 is 10.0 Å². The fraction of sp³-hybridized carbons (Fsp3) is 0.600. The van der Waals surface area contributed by atoms with Gasteiger partial charge in [0.25, 0.3) is 0 Å². The number of rotatable bonds is 7. The number of nitrogens with zero attached hydrogens (tertiary/aromatic N) is 1. The second kappa shape index (κ2) is 7.33. The minimum absolute atomic E-state index is 0.0280. The Balaban J connectivity index is 2.11. The van der Waals surface area contributed by atoms with Crippen LogP contribution in [0.15, 0.2) is 24.3 Å². The van der Waals surface area contributed by atoms with Crippen molar-refractivity contribution in [2.24, 2.45) is 0 Å². The van der Waals surface area contributed by atoms with Crippen molar-refractivity contribution in [2.45, 2.75) is 32.2 Å². The van der Waals surface area contributed by atoms with Gasteiger partial charge in [0.2, 0.25) is 10.0 Å². The van der Waals surface area contributed by atoms with Crippen molar-refractivity contribution in [1.82, 2.24) is 9.62 Å². The van der Waals surface area contributed by atoms with Crippen LogP contribution in [0, 0.1) is 5.82 Å². The Morgan fingerprint density at radius 1 is 1.24 bits per heavy atom. The van der Waals surface area contributed by atoms with E-state index in [1.165, 1.54) is 12.1 Å². The molecule has 1 aromatic carbocycles. The smallest absolute Gasteiger partial charge is 0.211 e. The highest BCUT2D eigenvalue weighted by molar-refractivity contribution is 7.89. The van der Waals surface area contributed by atoms with Gasteiger partial charge in [-0.3, -0.25) is 4.90 Å². The Morgan fingerprint density at radius 3 is 2.43 bits per heavy atom. The molecule has 1 fully saturated rings. The molecule has 0 radical (unpaired) electrons. The molecule has 0 bridgehead atoms. The molecule has 1 unspecified atom stereocenters. The van der Waals surface area contributed by atoms with Crippen molar-refractivity contribution in [3.63, 3.8) is 0 Å². The second-order valence-electron chi connectivity index (χ2n) is 5.48. The van der Waals surface area contributed by atoms with Crippen LogP contribution in [0.25, 0.3) is 0 Å². The second-order valence-corrected chi connectivity index (χ2v) is 7.40. The van der Waals surface area contributed by atoms with Gasteiger partial charge in [-0.2, -0.15) is 0 Å². The summed E-state index contributed by atoms with van der Waals surface area (Å²) in [4.78, 5) is 2.27. The largest absolute Gasteiger partial charge is 0.295 e.